The Bertz CT molecular complexity index is 608. The maximum atomic E-state index is 12.3. The van der Waals surface area contributed by atoms with Gasteiger partial charge in [0.05, 0.1) is 12.5 Å². The van der Waals surface area contributed by atoms with Gasteiger partial charge in [-0.05, 0) is 31.9 Å². The van der Waals surface area contributed by atoms with Crippen LogP contribution >= 0.6 is 0 Å². The van der Waals surface area contributed by atoms with E-state index in [1.165, 1.54) is 4.90 Å². The molecule has 1 amide bonds. The average molecular weight is 335 g/mol. The van der Waals surface area contributed by atoms with E-state index in [9.17, 15) is 14.7 Å². The first kappa shape index (κ1) is 18.3. The molecule has 6 heteroatoms. The predicted molar refractivity (Wildman–Crippen MR) is 88.8 cm³/mol. The lowest BCUT2D eigenvalue weighted by Crippen LogP contribution is -2.35. The van der Waals surface area contributed by atoms with E-state index >= 15 is 0 Å². The number of carbonyl (C=O) groups excluding carboxylic acids is 1. The summed E-state index contributed by atoms with van der Waals surface area (Å²) in [6.07, 6.45) is -0.468. The van der Waals surface area contributed by atoms with Crippen LogP contribution in [-0.4, -0.2) is 47.9 Å². The van der Waals surface area contributed by atoms with Crippen LogP contribution in [0.5, 0.6) is 0 Å². The topological polar surface area (TPSA) is 76.1 Å². The highest BCUT2D eigenvalue weighted by molar-refractivity contribution is 5.76. The molecule has 0 spiro atoms. The summed E-state index contributed by atoms with van der Waals surface area (Å²) < 4.78 is 10.5. The average Bonchev–Trinajstić information content (AvgIpc) is 2.91. The highest BCUT2D eigenvalue weighted by Crippen LogP contribution is 2.34. The molecule has 1 aromatic rings. The number of carboxylic acids is 1. The molecule has 1 aliphatic heterocycles. The summed E-state index contributed by atoms with van der Waals surface area (Å²) in [4.78, 5) is 25.4. The Kier molecular flexibility index (Phi) is 5.49. The fourth-order valence-electron chi connectivity index (χ4n) is 2.95. The van der Waals surface area contributed by atoms with E-state index < -0.39 is 23.6 Å². The number of benzene rings is 1. The second kappa shape index (κ2) is 7.21. The first-order chi connectivity index (χ1) is 11.2. The van der Waals surface area contributed by atoms with Gasteiger partial charge in [0, 0.05) is 26.1 Å². The van der Waals surface area contributed by atoms with E-state index in [0.29, 0.717) is 13.2 Å². The van der Waals surface area contributed by atoms with Gasteiger partial charge in [0.15, 0.2) is 0 Å². The van der Waals surface area contributed by atoms with Crippen molar-refractivity contribution in [1.82, 2.24) is 4.90 Å². The van der Waals surface area contributed by atoms with Gasteiger partial charge < -0.3 is 19.5 Å². The Morgan fingerprint density at radius 2 is 2.00 bits per heavy atom. The lowest BCUT2D eigenvalue weighted by molar-refractivity contribution is -0.141. The first-order valence-corrected chi connectivity index (χ1v) is 8.00. The highest BCUT2D eigenvalue weighted by Gasteiger charge is 2.41. The van der Waals surface area contributed by atoms with E-state index in [2.05, 4.69) is 0 Å². The van der Waals surface area contributed by atoms with Gasteiger partial charge in [0.1, 0.15) is 5.60 Å². The van der Waals surface area contributed by atoms with Crippen molar-refractivity contribution in [3.63, 3.8) is 0 Å². The van der Waals surface area contributed by atoms with E-state index in [4.69, 9.17) is 9.47 Å². The smallest absolute Gasteiger partial charge is 0.410 e. The standard InChI is InChI=1S/C18H25NO5/c1-18(2,3)24-17(22)19-9-14(15(10-19)16(20)21)13-7-5-6-12(8-13)11-23-4/h5-8,14-15H,9-11H2,1-4H3,(H,20,21)/t14-,15+/m1/s1. The number of likely N-dealkylation sites (tertiary alicyclic amines) is 1. The summed E-state index contributed by atoms with van der Waals surface area (Å²) in [7, 11) is 1.62. The molecule has 0 saturated carbocycles. The van der Waals surface area contributed by atoms with Crippen molar-refractivity contribution in [3.8, 4) is 0 Å². The third-order valence-corrected chi connectivity index (χ3v) is 3.98. The van der Waals surface area contributed by atoms with E-state index in [0.717, 1.165) is 11.1 Å². The third-order valence-electron chi connectivity index (χ3n) is 3.98. The van der Waals surface area contributed by atoms with Crippen molar-refractivity contribution in [2.45, 2.75) is 38.9 Å². The Morgan fingerprint density at radius 3 is 2.58 bits per heavy atom. The van der Waals surface area contributed by atoms with Crippen LogP contribution < -0.4 is 0 Å². The number of carboxylic acid groups (broad SMARTS) is 1. The van der Waals surface area contributed by atoms with Crippen LogP contribution in [0.15, 0.2) is 24.3 Å². The molecule has 0 radical (unpaired) electrons. The number of rotatable bonds is 4. The molecule has 1 saturated heterocycles. The Hall–Kier alpha value is -2.08. The minimum atomic E-state index is -0.900. The van der Waals surface area contributed by atoms with Crippen LogP contribution in [0, 0.1) is 5.92 Å². The van der Waals surface area contributed by atoms with Crippen molar-refractivity contribution in [2.75, 3.05) is 20.2 Å². The molecule has 1 aliphatic rings. The summed E-state index contributed by atoms with van der Waals surface area (Å²) in [6.45, 7) is 6.34. The molecule has 132 valence electrons. The summed E-state index contributed by atoms with van der Waals surface area (Å²) in [5.74, 6) is -1.80. The van der Waals surface area contributed by atoms with Gasteiger partial charge in [-0.3, -0.25) is 4.79 Å². The molecule has 2 rings (SSSR count). The predicted octanol–water partition coefficient (Wildman–Crippen LogP) is 2.87. The maximum absolute atomic E-state index is 12.3. The number of hydrogen-bond acceptors (Lipinski definition) is 4. The van der Waals surface area contributed by atoms with Crippen molar-refractivity contribution in [2.24, 2.45) is 5.92 Å². The fraction of sp³-hybridized carbons (Fsp3) is 0.556. The quantitative estimate of drug-likeness (QED) is 0.915. The van der Waals surface area contributed by atoms with Gasteiger partial charge in [-0.1, -0.05) is 24.3 Å². The highest BCUT2D eigenvalue weighted by atomic mass is 16.6. The van der Waals surface area contributed by atoms with Crippen LogP contribution in [-0.2, 0) is 20.9 Å². The minimum Gasteiger partial charge on any atom is -0.481 e. The van der Waals surface area contributed by atoms with Gasteiger partial charge >= 0.3 is 12.1 Å². The normalized spacial score (nSPS) is 20.9. The maximum Gasteiger partial charge on any atom is 0.410 e. The summed E-state index contributed by atoms with van der Waals surface area (Å²) >= 11 is 0. The van der Waals surface area contributed by atoms with E-state index in [1.807, 2.05) is 24.3 Å². The zero-order valence-electron chi connectivity index (χ0n) is 14.6. The van der Waals surface area contributed by atoms with Gasteiger partial charge in [0.25, 0.3) is 0 Å². The first-order valence-electron chi connectivity index (χ1n) is 8.00. The van der Waals surface area contributed by atoms with Crippen molar-refractivity contribution < 1.29 is 24.2 Å². The zero-order valence-corrected chi connectivity index (χ0v) is 14.6. The minimum absolute atomic E-state index is 0.156. The molecule has 0 aliphatic carbocycles. The fourth-order valence-corrected chi connectivity index (χ4v) is 2.95. The Labute approximate surface area is 142 Å². The number of hydrogen-bond donors (Lipinski definition) is 1. The largest absolute Gasteiger partial charge is 0.481 e. The number of methoxy groups -OCH3 is 1. The van der Waals surface area contributed by atoms with Crippen LogP contribution in [0.25, 0.3) is 0 Å². The number of ether oxygens (including phenoxy) is 2. The molecule has 6 nitrogen and oxygen atoms in total. The van der Waals surface area contributed by atoms with Crippen LogP contribution in [0.1, 0.15) is 37.8 Å². The Balaban J connectivity index is 2.20. The van der Waals surface area contributed by atoms with Gasteiger partial charge in [-0.15, -0.1) is 0 Å². The summed E-state index contributed by atoms with van der Waals surface area (Å²) in [5.41, 5.74) is 1.28. The van der Waals surface area contributed by atoms with Gasteiger partial charge in [-0.25, -0.2) is 4.79 Å². The summed E-state index contributed by atoms with van der Waals surface area (Å²) in [6, 6.07) is 7.67. The molecule has 1 heterocycles. The molecule has 0 bridgehead atoms. The molecular weight excluding hydrogens is 310 g/mol. The molecule has 0 aromatic heterocycles. The molecule has 0 unspecified atom stereocenters. The second-order valence-corrected chi connectivity index (χ2v) is 7.11. The number of aliphatic carboxylic acids is 1. The van der Waals surface area contributed by atoms with E-state index in [1.54, 1.807) is 27.9 Å². The summed E-state index contributed by atoms with van der Waals surface area (Å²) in [5, 5.41) is 9.55. The van der Waals surface area contributed by atoms with Crippen LogP contribution in [0.4, 0.5) is 4.79 Å². The van der Waals surface area contributed by atoms with E-state index in [-0.39, 0.29) is 12.5 Å². The van der Waals surface area contributed by atoms with Crippen molar-refractivity contribution >= 4 is 12.1 Å². The third kappa shape index (κ3) is 4.47. The monoisotopic (exact) mass is 335 g/mol. The number of amides is 1. The van der Waals surface area contributed by atoms with Gasteiger partial charge in [-0.2, -0.15) is 0 Å². The lowest BCUT2D eigenvalue weighted by atomic mass is 9.88. The molecule has 1 N–H and O–H groups in total. The SMILES string of the molecule is COCc1cccc([C@H]2CN(C(=O)OC(C)(C)C)C[C@@H]2C(=O)O)c1. The number of nitrogens with zero attached hydrogens (tertiary/aromatic N) is 1. The van der Waals surface area contributed by atoms with Crippen LogP contribution in [0.3, 0.4) is 0 Å². The molecule has 2 atom stereocenters. The molecule has 24 heavy (non-hydrogen) atoms. The van der Waals surface area contributed by atoms with Crippen molar-refractivity contribution in [3.05, 3.63) is 35.4 Å². The molecular formula is C18H25NO5. The lowest BCUT2D eigenvalue weighted by Gasteiger charge is -2.24. The zero-order chi connectivity index (χ0) is 17.9. The molecule has 1 aromatic carbocycles. The van der Waals surface area contributed by atoms with Crippen LogP contribution in [0.2, 0.25) is 0 Å². The van der Waals surface area contributed by atoms with Crippen molar-refractivity contribution in [1.29, 1.82) is 0 Å². The number of carbonyl (C=O) groups is 2. The Morgan fingerprint density at radius 1 is 1.29 bits per heavy atom. The van der Waals surface area contributed by atoms with Gasteiger partial charge in [0.2, 0.25) is 0 Å². The molecule has 1 fully saturated rings. The second-order valence-electron chi connectivity index (χ2n) is 7.11.